The Labute approximate surface area is 101 Å². The molecule has 0 saturated heterocycles. The lowest BCUT2D eigenvalue weighted by Crippen LogP contribution is -2.09. The summed E-state index contributed by atoms with van der Waals surface area (Å²) in [5, 5.41) is 9.24. The van der Waals surface area contributed by atoms with Crippen LogP contribution < -0.4 is 10.6 Å². The van der Waals surface area contributed by atoms with Gasteiger partial charge in [0.2, 0.25) is 0 Å². The standard InChI is InChI=1S/C14H16N2O/c1-16(13-6-8-14(17)9-7-13)12-4-2-11(10-15)3-5-12/h2-9,17H,10,15H2,1H3. The monoisotopic (exact) mass is 228 g/mol. The Kier molecular flexibility index (Phi) is 3.30. The van der Waals surface area contributed by atoms with Gasteiger partial charge in [-0.25, -0.2) is 0 Å². The van der Waals surface area contributed by atoms with E-state index in [1.54, 1.807) is 12.1 Å². The number of phenols is 1. The van der Waals surface area contributed by atoms with E-state index in [0.717, 1.165) is 16.9 Å². The average molecular weight is 228 g/mol. The first-order chi connectivity index (χ1) is 8.20. The summed E-state index contributed by atoms with van der Waals surface area (Å²) in [6.07, 6.45) is 0. The van der Waals surface area contributed by atoms with E-state index in [0.29, 0.717) is 6.54 Å². The lowest BCUT2D eigenvalue weighted by Gasteiger charge is -2.19. The molecule has 2 aromatic rings. The summed E-state index contributed by atoms with van der Waals surface area (Å²) < 4.78 is 0. The molecular weight excluding hydrogens is 212 g/mol. The molecule has 0 aliphatic heterocycles. The highest BCUT2D eigenvalue weighted by Gasteiger charge is 2.03. The second-order valence-electron chi connectivity index (χ2n) is 3.95. The smallest absolute Gasteiger partial charge is 0.115 e. The molecule has 0 bridgehead atoms. The predicted molar refractivity (Wildman–Crippen MR) is 70.5 cm³/mol. The zero-order valence-corrected chi connectivity index (χ0v) is 9.80. The number of hydrogen-bond acceptors (Lipinski definition) is 3. The molecule has 0 amide bonds. The van der Waals surface area contributed by atoms with Crippen LogP contribution in [0.2, 0.25) is 0 Å². The largest absolute Gasteiger partial charge is 0.508 e. The summed E-state index contributed by atoms with van der Waals surface area (Å²) >= 11 is 0. The molecule has 3 nitrogen and oxygen atoms in total. The van der Waals surface area contributed by atoms with Gasteiger partial charge < -0.3 is 15.7 Å². The van der Waals surface area contributed by atoms with Crippen LogP contribution in [0.1, 0.15) is 5.56 Å². The summed E-state index contributed by atoms with van der Waals surface area (Å²) in [6.45, 7) is 0.559. The first-order valence-electron chi connectivity index (χ1n) is 5.52. The Morgan fingerprint density at radius 2 is 1.41 bits per heavy atom. The minimum absolute atomic E-state index is 0.278. The van der Waals surface area contributed by atoms with E-state index in [9.17, 15) is 5.11 Å². The van der Waals surface area contributed by atoms with E-state index < -0.39 is 0 Å². The summed E-state index contributed by atoms with van der Waals surface area (Å²) in [5.74, 6) is 0.278. The first-order valence-corrected chi connectivity index (χ1v) is 5.52. The zero-order valence-electron chi connectivity index (χ0n) is 9.80. The van der Waals surface area contributed by atoms with Crippen LogP contribution in [0.4, 0.5) is 11.4 Å². The fourth-order valence-corrected chi connectivity index (χ4v) is 1.68. The molecule has 0 aliphatic carbocycles. The molecule has 2 rings (SSSR count). The maximum atomic E-state index is 9.24. The Morgan fingerprint density at radius 1 is 0.941 bits per heavy atom. The molecule has 88 valence electrons. The molecule has 2 aromatic carbocycles. The summed E-state index contributed by atoms with van der Waals surface area (Å²) in [7, 11) is 1.99. The Hall–Kier alpha value is -2.00. The molecule has 0 fully saturated rings. The van der Waals surface area contributed by atoms with Crippen molar-refractivity contribution >= 4 is 11.4 Å². The van der Waals surface area contributed by atoms with Crippen LogP contribution in [0.25, 0.3) is 0 Å². The van der Waals surface area contributed by atoms with E-state index in [1.165, 1.54) is 0 Å². The maximum Gasteiger partial charge on any atom is 0.115 e. The SMILES string of the molecule is CN(c1ccc(O)cc1)c1ccc(CN)cc1. The molecule has 0 unspecified atom stereocenters. The lowest BCUT2D eigenvalue weighted by molar-refractivity contribution is 0.475. The number of anilines is 2. The lowest BCUT2D eigenvalue weighted by atomic mass is 10.2. The molecule has 0 radical (unpaired) electrons. The number of rotatable bonds is 3. The molecule has 17 heavy (non-hydrogen) atoms. The van der Waals surface area contributed by atoms with Gasteiger partial charge in [0.1, 0.15) is 5.75 Å². The minimum Gasteiger partial charge on any atom is -0.508 e. The predicted octanol–water partition coefficient (Wildman–Crippen LogP) is 2.62. The summed E-state index contributed by atoms with van der Waals surface area (Å²) in [6, 6.07) is 15.2. The van der Waals surface area contributed by atoms with Crippen LogP contribution in [0.5, 0.6) is 5.75 Å². The number of hydrogen-bond donors (Lipinski definition) is 2. The van der Waals surface area contributed by atoms with E-state index >= 15 is 0 Å². The Morgan fingerprint density at radius 3 is 1.88 bits per heavy atom. The number of aromatic hydroxyl groups is 1. The van der Waals surface area contributed by atoms with Gasteiger partial charge in [-0.3, -0.25) is 0 Å². The normalized spacial score (nSPS) is 10.2. The average Bonchev–Trinajstić information content (AvgIpc) is 2.39. The van der Waals surface area contributed by atoms with Crippen molar-refractivity contribution in [2.75, 3.05) is 11.9 Å². The molecule has 0 saturated carbocycles. The van der Waals surface area contributed by atoms with Crippen molar-refractivity contribution < 1.29 is 5.11 Å². The number of nitrogens with two attached hydrogens (primary N) is 1. The Bertz CT molecular complexity index is 477. The maximum absolute atomic E-state index is 9.24. The molecule has 0 heterocycles. The highest BCUT2D eigenvalue weighted by atomic mass is 16.3. The van der Waals surface area contributed by atoms with Crippen molar-refractivity contribution in [2.45, 2.75) is 6.54 Å². The fraction of sp³-hybridized carbons (Fsp3) is 0.143. The summed E-state index contributed by atoms with van der Waals surface area (Å²) in [5.41, 5.74) is 8.80. The summed E-state index contributed by atoms with van der Waals surface area (Å²) in [4.78, 5) is 2.06. The third-order valence-electron chi connectivity index (χ3n) is 2.80. The van der Waals surface area contributed by atoms with Crippen LogP contribution in [0, 0.1) is 0 Å². The van der Waals surface area contributed by atoms with Gasteiger partial charge in [-0.05, 0) is 42.0 Å². The van der Waals surface area contributed by atoms with Gasteiger partial charge in [0, 0.05) is 25.0 Å². The van der Waals surface area contributed by atoms with Gasteiger partial charge in [-0.2, -0.15) is 0 Å². The van der Waals surface area contributed by atoms with Crippen LogP contribution in [-0.2, 0) is 6.54 Å². The topological polar surface area (TPSA) is 49.5 Å². The Balaban J connectivity index is 2.23. The van der Waals surface area contributed by atoms with Crippen LogP contribution >= 0.6 is 0 Å². The third-order valence-corrected chi connectivity index (χ3v) is 2.80. The molecule has 0 atom stereocenters. The van der Waals surface area contributed by atoms with Gasteiger partial charge in [0.15, 0.2) is 0 Å². The molecule has 0 aromatic heterocycles. The second-order valence-corrected chi connectivity index (χ2v) is 3.95. The van der Waals surface area contributed by atoms with E-state index in [-0.39, 0.29) is 5.75 Å². The molecule has 3 N–H and O–H groups in total. The van der Waals surface area contributed by atoms with Crippen molar-refractivity contribution in [3.63, 3.8) is 0 Å². The number of phenolic OH excluding ortho intramolecular Hbond substituents is 1. The highest BCUT2D eigenvalue weighted by molar-refractivity contribution is 5.63. The number of nitrogens with zero attached hydrogens (tertiary/aromatic N) is 1. The van der Waals surface area contributed by atoms with Gasteiger partial charge in [-0.15, -0.1) is 0 Å². The second kappa shape index (κ2) is 4.89. The van der Waals surface area contributed by atoms with Gasteiger partial charge in [0.05, 0.1) is 0 Å². The molecule has 3 heteroatoms. The van der Waals surface area contributed by atoms with E-state index in [4.69, 9.17) is 5.73 Å². The van der Waals surface area contributed by atoms with E-state index in [2.05, 4.69) is 4.90 Å². The quantitative estimate of drug-likeness (QED) is 0.849. The minimum atomic E-state index is 0.278. The van der Waals surface area contributed by atoms with Crippen LogP contribution in [0.3, 0.4) is 0 Å². The third kappa shape index (κ3) is 2.57. The van der Waals surface area contributed by atoms with Crippen molar-refractivity contribution in [1.82, 2.24) is 0 Å². The van der Waals surface area contributed by atoms with Crippen molar-refractivity contribution in [1.29, 1.82) is 0 Å². The molecule has 0 spiro atoms. The van der Waals surface area contributed by atoms with Crippen molar-refractivity contribution in [3.05, 3.63) is 54.1 Å². The van der Waals surface area contributed by atoms with Crippen LogP contribution in [-0.4, -0.2) is 12.2 Å². The zero-order chi connectivity index (χ0) is 12.3. The van der Waals surface area contributed by atoms with Gasteiger partial charge in [-0.1, -0.05) is 12.1 Å². The van der Waals surface area contributed by atoms with Crippen molar-refractivity contribution in [3.8, 4) is 5.75 Å². The first kappa shape index (κ1) is 11.5. The van der Waals surface area contributed by atoms with Crippen LogP contribution in [0.15, 0.2) is 48.5 Å². The van der Waals surface area contributed by atoms with Gasteiger partial charge in [0.25, 0.3) is 0 Å². The molecule has 0 aliphatic rings. The number of benzene rings is 2. The van der Waals surface area contributed by atoms with Gasteiger partial charge >= 0.3 is 0 Å². The fourth-order valence-electron chi connectivity index (χ4n) is 1.68. The highest BCUT2D eigenvalue weighted by Crippen LogP contribution is 2.25. The van der Waals surface area contributed by atoms with Crippen molar-refractivity contribution in [2.24, 2.45) is 5.73 Å². The molecular formula is C14H16N2O. The van der Waals surface area contributed by atoms with E-state index in [1.807, 2.05) is 43.4 Å².